The van der Waals surface area contributed by atoms with Crippen LogP contribution in [0.25, 0.3) is 0 Å². The quantitative estimate of drug-likeness (QED) is 0.556. The first-order chi connectivity index (χ1) is 15.5. The first kappa shape index (κ1) is 22.2. The van der Waals surface area contributed by atoms with Crippen molar-refractivity contribution in [3.63, 3.8) is 0 Å². The number of amides is 2. The van der Waals surface area contributed by atoms with E-state index in [0.717, 1.165) is 23.6 Å². The molecule has 2 heterocycles. The number of nitrogens with one attached hydrogen (secondary N) is 1. The van der Waals surface area contributed by atoms with Crippen molar-refractivity contribution in [2.45, 2.75) is 25.7 Å². The molecule has 0 spiro atoms. The van der Waals surface area contributed by atoms with Gasteiger partial charge in [0.1, 0.15) is 10.8 Å². The molecule has 1 aromatic heterocycles. The zero-order valence-electron chi connectivity index (χ0n) is 17.6. The monoisotopic (exact) mass is 470 g/mol. The molecule has 3 aromatic rings. The number of piperidine rings is 1. The molecule has 2 aromatic carbocycles. The Balaban J connectivity index is 1.40. The molecule has 1 unspecified atom stereocenters. The maximum absolute atomic E-state index is 13.0. The number of rotatable bonds is 6. The van der Waals surface area contributed by atoms with Crippen LogP contribution < -0.4 is 10.1 Å². The van der Waals surface area contributed by atoms with E-state index in [4.69, 9.17) is 16.3 Å². The van der Waals surface area contributed by atoms with Gasteiger partial charge < -0.3 is 15.0 Å². The number of ether oxygens (including phenoxy) is 1. The minimum Gasteiger partial charge on any atom is -0.494 e. The Morgan fingerprint density at radius 3 is 2.62 bits per heavy atom. The van der Waals surface area contributed by atoms with Crippen LogP contribution in [0.5, 0.6) is 5.75 Å². The second-order valence-electron chi connectivity index (χ2n) is 7.45. The highest BCUT2D eigenvalue weighted by atomic mass is 35.5. The van der Waals surface area contributed by atoms with Gasteiger partial charge in [-0.25, -0.2) is 0 Å². The topological polar surface area (TPSA) is 84.4 Å². The number of halogens is 1. The standard InChI is InChI=1S/C23H23ClN4O3S/c1-2-31-19-11-5-15(6-12-19)23(30)28-13-3-4-16(14-28)21-26-27-22(32-21)20(29)25-18-9-7-17(24)8-10-18/h5-12,16H,2-4,13-14H2,1H3,(H,25,29). The molecule has 1 atom stereocenters. The molecule has 1 aliphatic heterocycles. The fourth-order valence-corrected chi connectivity index (χ4v) is 4.61. The van der Waals surface area contributed by atoms with Gasteiger partial charge in [0.25, 0.3) is 11.8 Å². The zero-order chi connectivity index (χ0) is 22.5. The van der Waals surface area contributed by atoms with Crippen LogP contribution in [-0.2, 0) is 0 Å². The molecule has 1 fully saturated rings. The summed E-state index contributed by atoms with van der Waals surface area (Å²) in [6.07, 6.45) is 1.78. The van der Waals surface area contributed by atoms with Crippen molar-refractivity contribution < 1.29 is 14.3 Å². The predicted molar refractivity (Wildman–Crippen MR) is 125 cm³/mol. The van der Waals surface area contributed by atoms with E-state index in [1.54, 1.807) is 36.4 Å². The van der Waals surface area contributed by atoms with E-state index in [0.29, 0.717) is 41.0 Å². The lowest BCUT2D eigenvalue weighted by molar-refractivity contribution is 0.0706. The van der Waals surface area contributed by atoms with Crippen molar-refractivity contribution in [3.05, 3.63) is 69.1 Å². The lowest BCUT2D eigenvalue weighted by Gasteiger charge is -2.31. The van der Waals surface area contributed by atoms with Crippen LogP contribution in [0.4, 0.5) is 5.69 Å². The fraction of sp³-hybridized carbons (Fsp3) is 0.304. The van der Waals surface area contributed by atoms with Gasteiger partial charge >= 0.3 is 0 Å². The van der Waals surface area contributed by atoms with Crippen LogP contribution in [0.2, 0.25) is 5.02 Å². The van der Waals surface area contributed by atoms with Crippen LogP contribution in [0.15, 0.2) is 48.5 Å². The lowest BCUT2D eigenvalue weighted by atomic mass is 9.98. The van der Waals surface area contributed by atoms with E-state index in [9.17, 15) is 9.59 Å². The van der Waals surface area contributed by atoms with Gasteiger partial charge in [-0.2, -0.15) is 0 Å². The van der Waals surface area contributed by atoms with Crippen molar-refractivity contribution in [2.75, 3.05) is 25.0 Å². The van der Waals surface area contributed by atoms with Crippen molar-refractivity contribution in [1.82, 2.24) is 15.1 Å². The first-order valence-electron chi connectivity index (χ1n) is 10.5. The molecule has 9 heteroatoms. The average Bonchev–Trinajstić information content (AvgIpc) is 3.32. The first-order valence-corrected chi connectivity index (χ1v) is 11.7. The van der Waals surface area contributed by atoms with Gasteiger partial charge in [0.05, 0.1) is 6.61 Å². The van der Waals surface area contributed by atoms with Crippen molar-refractivity contribution in [2.24, 2.45) is 0 Å². The number of anilines is 1. The molecule has 32 heavy (non-hydrogen) atoms. The normalized spacial score (nSPS) is 15.9. The van der Waals surface area contributed by atoms with Gasteiger partial charge in [0.15, 0.2) is 0 Å². The minimum atomic E-state index is -0.311. The van der Waals surface area contributed by atoms with Crippen molar-refractivity contribution >= 4 is 40.4 Å². The number of nitrogens with zero attached hydrogens (tertiary/aromatic N) is 3. The zero-order valence-corrected chi connectivity index (χ0v) is 19.2. The molecule has 4 rings (SSSR count). The van der Waals surface area contributed by atoms with E-state index >= 15 is 0 Å². The maximum atomic E-state index is 13.0. The largest absolute Gasteiger partial charge is 0.494 e. The van der Waals surface area contributed by atoms with Crippen LogP contribution in [0.1, 0.15) is 50.9 Å². The van der Waals surface area contributed by atoms with E-state index in [1.807, 2.05) is 24.0 Å². The molecular formula is C23H23ClN4O3S. The summed E-state index contributed by atoms with van der Waals surface area (Å²) in [6.45, 7) is 3.76. The number of carbonyl (C=O) groups excluding carboxylic acids is 2. The summed E-state index contributed by atoms with van der Waals surface area (Å²) in [7, 11) is 0. The third-order valence-corrected chi connectivity index (χ3v) is 6.54. The van der Waals surface area contributed by atoms with E-state index < -0.39 is 0 Å². The molecule has 2 amide bonds. The van der Waals surface area contributed by atoms with E-state index in [2.05, 4.69) is 15.5 Å². The van der Waals surface area contributed by atoms with Gasteiger partial charge in [-0.05, 0) is 68.3 Å². The Hall–Kier alpha value is -2.97. The fourth-order valence-electron chi connectivity index (χ4n) is 3.62. The summed E-state index contributed by atoms with van der Waals surface area (Å²) in [5.74, 6) is 0.487. The molecule has 0 bridgehead atoms. The Morgan fingerprint density at radius 1 is 1.16 bits per heavy atom. The van der Waals surface area contributed by atoms with Crippen LogP contribution in [0, 0.1) is 0 Å². The maximum Gasteiger partial charge on any atom is 0.286 e. The molecule has 0 radical (unpaired) electrons. The van der Waals surface area contributed by atoms with Crippen LogP contribution in [-0.4, -0.2) is 46.6 Å². The molecule has 166 valence electrons. The molecular weight excluding hydrogens is 448 g/mol. The Labute approximate surface area is 195 Å². The summed E-state index contributed by atoms with van der Waals surface area (Å²) in [5, 5.41) is 12.8. The van der Waals surface area contributed by atoms with Crippen molar-refractivity contribution in [1.29, 1.82) is 0 Å². The predicted octanol–water partition coefficient (Wildman–Crippen LogP) is 4.86. The second kappa shape index (κ2) is 10.1. The summed E-state index contributed by atoms with van der Waals surface area (Å²) in [6, 6.07) is 14.1. The van der Waals surface area contributed by atoms with E-state index in [1.165, 1.54) is 11.3 Å². The van der Waals surface area contributed by atoms with Gasteiger partial charge in [0, 0.05) is 35.3 Å². The highest BCUT2D eigenvalue weighted by molar-refractivity contribution is 7.13. The Morgan fingerprint density at radius 2 is 1.91 bits per heavy atom. The summed E-state index contributed by atoms with van der Waals surface area (Å²) in [5.41, 5.74) is 1.27. The number of benzene rings is 2. The highest BCUT2D eigenvalue weighted by Crippen LogP contribution is 2.30. The third kappa shape index (κ3) is 5.26. The number of carbonyl (C=O) groups is 2. The van der Waals surface area contributed by atoms with E-state index in [-0.39, 0.29) is 17.7 Å². The smallest absolute Gasteiger partial charge is 0.286 e. The van der Waals surface area contributed by atoms with Gasteiger partial charge in [0.2, 0.25) is 5.01 Å². The summed E-state index contributed by atoms with van der Waals surface area (Å²) < 4.78 is 5.45. The van der Waals surface area contributed by atoms with Crippen LogP contribution in [0.3, 0.4) is 0 Å². The van der Waals surface area contributed by atoms with Crippen LogP contribution >= 0.6 is 22.9 Å². The number of hydrogen-bond acceptors (Lipinski definition) is 6. The number of aromatic nitrogens is 2. The molecule has 1 aliphatic rings. The SMILES string of the molecule is CCOc1ccc(C(=O)N2CCCC(c3nnc(C(=O)Nc4ccc(Cl)cc4)s3)C2)cc1. The molecule has 0 saturated carbocycles. The number of likely N-dealkylation sites (tertiary alicyclic amines) is 1. The second-order valence-corrected chi connectivity index (χ2v) is 8.90. The molecule has 1 N–H and O–H groups in total. The van der Waals surface area contributed by atoms with Crippen molar-refractivity contribution in [3.8, 4) is 5.75 Å². The Kier molecular flexibility index (Phi) is 7.02. The Bertz CT molecular complexity index is 1090. The number of hydrogen-bond donors (Lipinski definition) is 1. The van der Waals surface area contributed by atoms with Gasteiger partial charge in [-0.1, -0.05) is 22.9 Å². The summed E-state index contributed by atoms with van der Waals surface area (Å²) in [4.78, 5) is 27.3. The van der Waals surface area contributed by atoms with Gasteiger partial charge in [-0.3, -0.25) is 9.59 Å². The molecule has 7 nitrogen and oxygen atoms in total. The molecule has 0 aliphatic carbocycles. The molecule has 1 saturated heterocycles. The third-order valence-electron chi connectivity index (χ3n) is 5.21. The summed E-state index contributed by atoms with van der Waals surface area (Å²) >= 11 is 7.15. The van der Waals surface area contributed by atoms with Gasteiger partial charge in [-0.15, -0.1) is 10.2 Å². The lowest BCUT2D eigenvalue weighted by Crippen LogP contribution is -2.39. The highest BCUT2D eigenvalue weighted by Gasteiger charge is 2.28. The average molecular weight is 471 g/mol. The minimum absolute atomic E-state index is 0.0111.